The highest BCUT2D eigenvalue weighted by Gasteiger charge is 2.27. The standard InChI is InChI=1S/C21H21FN2O5S/c1-12(2)29-16-8-14(19(25)24-21-23-10-18(30-21)20(26)27)7-15(9-16)28-11-13-5-3-4-6-17(13)22/h3-9,12,18H,10-11H2,1-2H3,(H,26,27)(H,23,24,25). The summed E-state index contributed by atoms with van der Waals surface area (Å²) in [6.45, 7) is 3.79. The van der Waals surface area contributed by atoms with Crippen molar-refractivity contribution in [3.8, 4) is 11.5 Å². The van der Waals surface area contributed by atoms with Crippen LogP contribution in [0.1, 0.15) is 29.8 Å². The van der Waals surface area contributed by atoms with E-state index in [1.54, 1.807) is 30.3 Å². The molecule has 2 aromatic carbocycles. The summed E-state index contributed by atoms with van der Waals surface area (Å²) < 4.78 is 25.2. The zero-order valence-corrected chi connectivity index (χ0v) is 17.2. The Morgan fingerprint density at radius 2 is 2.00 bits per heavy atom. The van der Waals surface area contributed by atoms with Crippen molar-refractivity contribution in [2.24, 2.45) is 4.99 Å². The third kappa shape index (κ3) is 5.73. The van der Waals surface area contributed by atoms with E-state index in [4.69, 9.17) is 14.6 Å². The lowest BCUT2D eigenvalue weighted by molar-refractivity contribution is -0.136. The summed E-state index contributed by atoms with van der Waals surface area (Å²) in [4.78, 5) is 27.8. The van der Waals surface area contributed by atoms with Gasteiger partial charge in [-0.3, -0.25) is 14.6 Å². The molecular weight excluding hydrogens is 411 g/mol. The number of nitrogens with one attached hydrogen (secondary N) is 1. The summed E-state index contributed by atoms with van der Waals surface area (Å²) in [5, 5.41) is 11.2. The smallest absolute Gasteiger partial charge is 0.319 e. The number of carboxylic acid groups (broad SMARTS) is 1. The Kier molecular flexibility index (Phi) is 6.94. The number of hydrogen-bond donors (Lipinski definition) is 2. The highest BCUT2D eigenvalue weighted by atomic mass is 32.2. The predicted molar refractivity (Wildman–Crippen MR) is 112 cm³/mol. The maximum absolute atomic E-state index is 13.8. The summed E-state index contributed by atoms with van der Waals surface area (Å²) in [6, 6.07) is 11.0. The fraction of sp³-hybridized carbons (Fsp3) is 0.286. The molecule has 0 aromatic heterocycles. The zero-order chi connectivity index (χ0) is 21.7. The van der Waals surface area contributed by atoms with Crippen molar-refractivity contribution in [2.45, 2.75) is 31.8 Å². The number of ether oxygens (including phenoxy) is 2. The Bertz CT molecular complexity index is 980. The Labute approximate surface area is 177 Å². The molecule has 7 nitrogen and oxygen atoms in total. The number of nitrogens with zero attached hydrogens (tertiary/aromatic N) is 1. The molecule has 2 aromatic rings. The molecule has 1 atom stereocenters. The van der Waals surface area contributed by atoms with Crippen molar-refractivity contribution in [1.82, 2.24) is 5.32 Å². The first-order chi connectivity index (χ1) is 14.3. The number of amidine groups is 1. The number of halogens is 1. The first-order valence-electron chi connectivity index (χ1n) is 9.25. The van der Waals surface area contributed by atoms with Crippen molar-refractivity contribution in [1.29, 1.82) is 0 Å². The van der Waals surface area contributed by atoms with Crippen LogP contribution in [0.25, 0.3) is 0 Å². The lowest BCUT2D eigenvalue weighted by Crippen LogP contribution is -2.28. The van der Waals surface area contributed by atoms with Crippen LogP contribution >= 0.6 is 11.8 Å². The second-order valence-corrected chi connectivity index (χ2v) is 7.98. The van der Waals surface area contributed by atoms with Gasteiger partial charge >= 0.3 is 5.97 Å². The molecular formula is C21H21FN2O5S. The maximum Gasteiger partial charge on any atom is 0.319 e. The number of benzene rings is 2. The van der Waals surface area contributed by atoms with E-state index < -0.39 is 17.1 Å². The van der Waals surface area contributed by atoms with Crippen molar-refractivity contribution in [3.05, 3.63) is 59.4 Å². The Morgan fingerprint density at radius 3 is 2.67 bits per heavy atom. The van der Waals surface area contributed by atoms with Crippen LogP contribution in [0.2, 0.25) is 0 Å². The fourth-order valence-electron chi connectivity index (χ4n) is 2.64. The van der Waals surface area contributed by atoms with Crippen LogP contribution in [0.5, 0.6) is 11.5 Å². The SMILES string of the molecule is CC(C)Oc1cc(OCc2ccccc2F)cc(C(=O)NC2=NCC(C(=O)O)S2)c1. The van der Waals surface area contributed by atoms with Crippen molar-refractivity contribution in [2.75, 3.05) is 6.54 Å². The highest BCUT2D eigenvalue weighted by molar-refractivity contribution is 8.15. The lowest BCUT2D eigenvalue weighted by Gasteiger charge is -2.14. The molecule has 30 heavy (non-hydrogen) atoms. The second kappa shape index (κ2) is 9.62. The van der Waals surface area contributed by atoms with Gasteiger partial charge in [-0.2, -0.15) is 0 Å². The minimum Gasteiger partial charge on any atom is -0.491 e. The van der Waals surface area contributed by atoms with E-state index in [1.807, 2.05) is 13.8 Å². The zero-order valence-electron chi connectivity index (χ0n) is 16.4. The van der Waals surface area contributed by atoms with Crippen molar-refractivity contribution >= 4 is 28.8 Å². The van der Waals surface area contributed by atoms with Gasteiger partial charge in [-0.15, -0.1) is 0 Å². The number of hydrogen-bond acceptors (Lipinski definition) is 6. The highest BCUT2D eigenvalue weighted by Crippen LogP contribution is 2.26. The second-order valence-electron chi connectivity index (χ2n) is 6.78. The number of rotatable bonds is 7. The molecule has 1 amide bonds. The van der Waals surface area contributed by atoms with E-state index >= 15 is 0 Å². The van der Waals surface area contributed by atoms with E-state index in [-0.39, 0.29) is 35.8 Å². The number of thioether (sulfide) groups is 1. The molecule has 0 saturated heterocycles. The predicted octanol–water partition coefficient (Wildman–Crippen LogP) is 3.48. The van der Waals surface area contributed by atoms with Crippen LogP contribution < -0.4 is 14.8 Å². The fourth-order valence-corrected chi connectivity index (χ4v) is 3.46. The maximum atomic E-state index is 13.8. The van der Waals surface area contributed by atoms with E-state index in [2.05, 4.69) is 10.3 Å². The first-order valence-corrected chi connectivity index (χ1v) is 10.1. The minimum absolute atomic E-state index is 0.0122. The molecule has 0 fully saturated rings. The van der Waals surface area contributed by atoms with Crippen LogP contribution in [-0.4, -0.2) is 40.0 Å². The first kappa shape index (κ1) is 21.6. The van der Waals surface area contributed by atoms with Crippen molar-refractivity contribution < 1.29 is 28.6 Å². The summed E-state index contributed by atoms with van der Waals surface area (Å²) in [5.41, 5.74) is 0.633. The van der Waals surface area contributed by atoms with Gasteiger partial charge in [0.25, 0.3) is 5.91 Å². The van der Waals surface area contributed by atoms with Crippen molar-refractivity contribution in [3.63, 3.8) is 0 Å². The van der Waals surface area contributed by atoms with Crippen LogP contribution in [0.3, 0.4) is 0 Å². The van der Waals surface area contributed by atoms with E-state index in [9.17, 15) is 14.0 Å². The number of carboxylic acids is 1. The molecule has 1 aliphatic rings. The number of aliphatic imine (C=N–C) groups is 1. The van der Waals surface area contributed by atoms with Crippen LogP contribution in [0.4, 0.5) is 4.39 Å². The Morgan fingerprint density at radius 1 is 1.27 bits per heavy atom. The van der Waals surface area contributed by atoms with Crippen LogP contribution in [0, 0.1) is 5.82 Å². The summed E-state index contributed by atoms with van der Waals surface area (Å²) in [7, 11) is 0. The number of amides is 1. The number of carbonyl (C=O) groups excluding carboxylic acids is 1. The van der Waals surface area contributed by atoms with Gasteiger partial charge in [-0.25, -0.2) is 4.39 Å². The number of aliphatic carboxylic acids is 1. The minimum atomic E-state index is -0.982. The summed E-state index contributed by atoms with van der Waals surface area (Å²) >= 11 is 0.984. The molecule has 0 bridgehead atoms. The molecule has 158 valence electrons. The van der Waals surface area contributed by atoms with E-state index in [0.717, 1.165) is 11.8 Å². The monoisotopic (exact) mass is 432 g/mol. The molecule has 3 rings (SSSR count). The molecule has 1 unspecified atom stereocenters. The lowest BCUT2D eigenvalue weighted by atomic mass is 10.2. The molecule has 1 heterocycles. The average molecular weight is 432 g/mol. The average Bonchev–Trinajstić information content (AvgIpc) is 3.15. The van der Waals surface area contributed by atoms with Gasteiger partial charge < -0.3 is 19.9 Å². The molecule has 0 spiro atoms. The van der Waals surface area contributed by atoms with Gasteiger partial charge in [0.15, 0.2) is 5.17 Å². The number of carbonyl (C=O) groups is 2. The molecule has 0 saturated carbocycles. The Balaban J connectivity index is 1.76. The van der Waals surface area contributed by atoms with Gasteiger partial charge in [-0.05, 0) is 32.0 Å². The molecule has 0 radical (unpaired) electrons. The van der Waals surface area contributed by atoms with Crippen LogP contribution in [-0.2, 0) is 11.4 Å². The molecule has 2 N–H and O–H groups in total. The largest absolute Gasteiger partial charge is 0.491 e. The van der Waals surface area contributed by atoms with E-state index in [0.29, 0.717) is 17.1 Å². The van der Waals surface area contributed by atoms with E-state index in [1.165, 1.54) is 12.1 Å². The third-order valence-electron chi connectivity index (χ3n) is 4.02. The summed E-state index contributed by atoms with van der Waals surface area (Å²) in [6.07, 6.45) is -0.131. The van der Waals surface area contributed by atoms with Gasteiger partial charge in [0.2, 0.25) is 0 Å². The molecule has 0 aliphatic carbocycles. The Hall–Kier alpha value is -3.07. The van der Waals surface area contributed by atoms with Crippen LogP contribution in [0.15, 0.2) is 47.5 Å². The summed E-state index contributed by atoms with van der Waals surface area (Å²) in [5.74, 6) is -1.08. The normalized spacial score (nSPS) is 15.6. The topological polar surface area (TPSA) is 97.2 Å². The quantitative estimate of drug-likeness (QED) is 0.695. The molecule has 1 aliphatic heterocycles. The molecule has 9 heteroatoms. The van der Waals surface area contributed by atoms with Gasteiger partial charge in [-0.1, -0.05) is 30.0 Å². The van der Waals surface area contributed by atoms with Gasteiger partial charge in [0.05, 0.1) is 12.6 Å². The van der Waals surface area contributed by atoms with Gasteiger partial charge in [0.1, 0.15) is 29.2 Å². The third-order valence-corrected chi connectivity index (χ3v) is 5.11. The van der Waals surface area contributed by atoms with Gasteiger partial charge in [0, 0.05) is 17.2 Å².